The Kier molecular flexibility index (Phi) is 2.92. The molecular formula is C9H13NO3S. The molecule has 0 amide bonds. The molecule has 0 heterocycles. The van der Waals surface area contributed by atoms with E-state index in [0.29, 0.717) is 0 Å². The van der Waals surface area contributed by atoms with Gasteiger partial charge < -0.3 is 0 Å². The molecule has 0 fully saturated rings. The molecule has 0 spiro atoms. The summed E-state index contributed by atoms with van der Waals surface area (Å²) in [5, 5.41) is 4.96. The molecule has 0 bridgehead atoms. The normalized spacial score (nSPS) is 22.7. The van der Waals surface area contributed by atoms with Crippen molar-refractivity contribution in [1.82, 2.24) is 0 Å². The number of ketones is 1. The number of primary sulfonamides is 1. The van der Waals surface area contributed by atoms with Gasteiger partial charge in [-0.3, -0.25) is 4.79 Å². The van der Waals surface area contributed by atoms with Crippen LogP contribution in [0.25, 0.3) is 0 Å². The third-order valence-corrected chi connectivity index (χ3v) is 3.06. The van der Waals surface area contributed by atoms with Gasteiger partial charge in [0.15, 0.2) is 5.78 Å². The maximum Gasteiger partial charge on any atom is 0.237 e. The van der Waals surface area contributed by atoms with Gasteiger partial charge in [-0.25, -0.2) is 13.6 Å². The third kappa shape index (κ3) is 2.30. The van der Waals surface area contributed by atoms with E-state index < -0.39 is 10.0 Å². The zero-order valence-electron chi connectivity index (χ0n) is 8.10. The monoisotopic (exact) mass is 215 g/mol. The Morgan fingerprint density at radius 3 is 2.36 bits per heavy atom. The summed E-state index contributed by atoms with van der Waals surface area (Å²) in [5.74, 6) is -0.384. The first kappa shape index (κ1) is 11.1. The number of carbonyl (C=O) groups excluding carboxylic acids is 1. The van der Waals surface area contributed by atoms with Crippen molar-refractivity contribution < 1.29 is 13.2 Å². The van der Waals surface area contributed by atoms with Crippen LogP contribution in [0.15, 0.2) is 23.1 Å². The lowest BCUT2D eigenvalue weighted by Gasteiger charge is -2.17. The topological polar surface area (TPSA) is 77.2 Å². The number of allylic oxidation sites excluding steroid dienone is 3. The number of hydrogen-bond donors (Lipinski definition) is 1. The van der Waals surface area contributed by atoms with E-state index >= 15 is 0 Å². The number of hydrogen-bond acceptors (Lipinski definition) is 3. The molecule has 0 saturated carbocycles. The summed E-state index contributed by atoms with van der Waals surface area (Å²) in [6, 6.07) is 0. The van der Waals surface area contributed by atoms with Crippen LogP contribution in [-0.4, -0.2) is 14.2 Å². The number of rotatable bonds is 2. The van der Waals surface area contributed by atoms with Gasteiger partial charge in [0.25, 0.3) is 0 Å². The van der Waals surface area contributed by atoms with Gasteiger partial charge in [-0.15, -0.1) is 0 Å². The predicted octanol–water partition coefficient (Wildman–Crippen LogP) is 0.570. The second kappa shape index (κ2) is 3.67. The first-order valence-corrected chi connectivity index (χ1v) is 5.83. The van der Waals surface area contributed by atoms with E-state index in [0.717, 1.165) is 0 Å². The molecule has 1 aliphatic carbocycles. The minimum Gasteiger partial charge on any atom is -0.294 e. The standard InChI is InChI=1S/C9H13NO3S/c1-6(2)8-5-7(14(10,12)13)3-4-9(8)11/h3-6,8H,1-2H3,(H2,10,12,13). The average Bonchev–Trinajstić information content (AvgIpc) is 2.02. The fraction of sp³-hybridized carbons (Fsp3) is 0.444. The molecule has 1 unspecified atom stereocenters. The van der Waals surface area contributed by atoms with E-state index in [1.54, 1.807) is 0 Å². The maximum atomic E-state index is 11.3. The fourth-order valence-electron chi connectivity index (χ4n) is 1.30. The highest BCUT2D eigenvalue weighted by atomic mass is 32.2. The summed E-state index contributed by atoms with van der Waals surface area (Å²) in [6.07, 6.45) is 3.93. The zero-order valence-corrected chi connectivity index (χ0v) is 8.91. The molecule has 0 radical (unpaired) electrons. The van der Waals surface area contributed by atoms with Gasteiger partial charge in [-0.05, 0) is 18.1 Å². The molecule has 2 N–H and O–H groups in total. The van der Waals surface area contributed by atoms with Gasteiger partial charge in [0.1, 0.15) is 0 Å². The van der Waals surface area contributed by atoms with Crippen LogP contribution in [0, 0.1) is 11.8 Å². The van der Waals surface area contributed by atoms with Crippen LogP contribution in [0.2, 0.25) is 0 Å². The van der Waals surface area contributed by atoms with Crippen molar-refractivity contribution in [2.24, 2.45) is 17.0 Å². The highest BCUT2D eigenvalue weighted by molar-refractivity contribution is 7.93. The third-order valence-electron chi connectivity index (χ3n) is 2.13. The van der Waals surface area contributed by atoms with Crippen molar-refractivity contribution in [3.63, 3.8) is 0 Å². The second-order valence-electron chi connectivity index (χ2n) is 3.62. The van der Waals surface area contributed by atoms with Crippen LogP contribution < -0.4 is 5.14 Å². The highest BCUT2D eigenvalue weighted by Gasteiger charge is 2.24. The predicted molar refractivity (Wildman–Crippen MR) is 53.7 cm³/mol. The zero-order chi connectivity index (χ0) is 10.9. The summed E-state index contributed by atoms with van der Waals surface area (Å²) in [4.78, 5) is 11.4. The molecule has 5 heteroatoms. The Morgan fingerprint density at radius 1 is 1.36 bits per heavy atom. The van der Waals surface area contributed by atoms with E-state index in [9.17, 15) is 13.2 Å². The van der Waals surface area contributed by atoms with Crippen LogP contribution in [0.3, 0.4) is 0 Å². The lowest BCUT2D eigenvalue weighted by molar-refractivity contribution is -0.118. The van der Waals surface area contributed by atoms with Crippen molar-refractivity contribution in [3.05, 3.63) is 23.1 Å². The van der Waals surface area contributed by atoms with Gasteiger partial charge in [0, 0.05) is 5.92 Å². The van der Waals surface area contributed by atoms with E-state index in [2.05, 4.69) is 0 Å². The lowest BCUT2D eigenvalue weighted by atomic mass is 9.89. The van der Waals surface area contributed by atoms with Gasteiger partial charge in [-0.2, -0.15) is 0 Å². The number of carbonyl (C=O) groups is 1. The molecule has 0 aromatic rings. The van der Waals surface area contributed by atoms with Gasteiger partial charge >= 0.3 is 0 Å². The summed E-state index contributed by atoms with van der Waals surface area (Å²) < 4.78 is 22.0. The average molecular weight is 215 g/mol. The van der Waals surface area contributed by atoms with Crippen molar-refractivity contribution in [1.29, 1.82) is 0 Å². The molecule has 0 aliphatic heterocycles. The Bertz CT molecular complexity index is 404. The first-order valence-electron chi connectivity index (χ1n) is 4.29. The minimum absolute atomic E-state index is 0.0239. The van der Waals surface area contributed by atoms with Crippen molar-refractivity contribution in [2.45, 2.75) is 13.8 Å². The molecule has 78 valence electrons. The summed E-state index contributed by atoms with van der Waals surface area (Å²) in [7, 11) is -3.69. The van der Waals surface area contributed by atoms with Crippen LogP contribution in [-0.2, 0) is 14.8 Å². The van der Waals surface area contributed by atoms with Crippen molar-refractivity contribution in [2.75, 3.05) is 0 Å². The number of sulfonamides is 1. The van der Waals surface area contributed by atoms with E-state index in [1.165, 1.54) is 18.2 Å². The minimum atomic E-state index is -3.69. The Morgan fingerprint density at radius 2 is 1.93 bits per heavy atom. The lowest BCUT2D eigenvalue weighted by Crippen LogP contribution is -2.23. The maximum absolute atomic E-state index is 11.3. The summed E-state index contributed by atoms with van der Waals surface area (Å²) in [6.45, 7) is 3.72. The second-order valence-corrected chi connectivity index (χ2v) is 5.18. The Labute approximate surface area is 83.5 Å². The van der Waals surface area contributed by atoms with Crippen molar-refractivity contribution >= 4 is 15.8 Å². The highest BCUT2D eigenvalue weighted by Crippen LogP contribution is 2.22. The van der Waals surface area contributed by atoms with E-state index in [-0.39, 0.29) is 22.5 Å². The number of nitrogens with two attached hydrogens (primary N) is 1. The quantitative estimate of drug-likeness (QED) is 0.731. The van der Waals surface area contributed by atoms with Crippen molar-refractivity contribution in [3.8, 4) is 0 Å². The first-order chi connectivity index (χ1) is 6.32. The molecule has 0 saturated heterocycles. The van der Waals surface area contributed by atoms with E-state index in [4.69, 9.17) is 5.14 Å². The molecule has 0 aromatic carbocycles. The largest absolute Gasteiger partial charge is 0.294 e. The van der Waals surface area contributed by atoms with Gasteiger partial charge in [-0.1, -0.05) is 19.9 Å². The molecule has 1 aliphatic rings. The molecular weight excluding hydrogens is 202 g/mol. The Hall–Kier alpha value is -0.940. The van der Waals surface area contributed by atoms with Crippen LogP contribution >= 0.6 is 0 Å². The van der Waals surface area contributed by atoms with Crippen LogP contribution in [0.4, 0.5) is 0 Å². The molecule has 1 atom stereocenters. The molecule has 1 rings (SSSR count). The molecule has 0 aromatic heterocycles. The van der Waals surface area contributed by atoms with Gasteiger partial charge in [0.2, 0.25) is 10.0 Å². The fourth-order valence-corrected chi connectivity index (χ4v) is 1.89. The Balaban J connectivity index is 3.09. The summed E-state index contributed by atoms with van der Waals surface area (Å²) in [5.41, 5.74) is 0. The smallest absolute Gasteiger partial charge is 0.237 e. The molecule has 4 nitrogen and oxygen atoms in total. The summed E-state index contributed by atoms with van der Waals surface area (Å²) >= 11 is 0. The van der Waals surface area contributed by atoms with Crippen LogP contribution in [0.5, 0.6) is 0 Å². The van der Waals surface area contributed by atoms with E-state index in [1.807, 2.05) is 13.8 Å². The van der Waals surface area contributed by atoms with Gasteiger partial charge in [0.05, 0.1) is 4.91 Å². The molecule has 14 heavy (non-hydrogen) atoms. The van der Waals surface area contributed by atoms with Crippen LogP contribution in [0.1, 0.15) is 13.8 Å². The SMILES string of the molecule is CC(C)C1C=C(S(N)(=O)=O)C=CC1=O.